The summed E-state index contributed by atoms with van der Waals surface area (Å²) in [6, 6.07) is 8.40. The van der Waals surface area contributed by atoms with Crippen LogP contribution in [-0.4, -0.2) is 0 Å². The Bertz CT molecular complexity index is 552. The molecule has 2 heteroatoms. The van der Waals surface area contributed by atoms with E-state index in [4.69, 9.17) is 0 Å². The largest absolute Gasteiger partial charge is 0.192 e. The second-order valence-electron chi connectivity index (χ2n) is 6.18. The molecule has 1 aromatic carbocycles. The van der Waals surface area contributed by atoms with Gasteiger partial charge >= 0.3 is 0 Å². The van der Waals surface area contributed by atoms with Gasteiger partial charge in [-0.2, -0.15) is 10.5 Å². The molecule has 0 amide bonds. The van der Waals surface area contributed by atoms with Gasteiger partial charge in [-0.15, -0.1) is 0 Å². The second-order valence-corrected chi connectivity index (χ2v) is 6.18. The van der Waals surface area contributed by atoms with Crippen molar-refractivity contribution in [2.45, 2.75) is 52.4 Å². The summed E-state index contributed by atoms with van der Waals surface area (Å²) in [7, 11) is 0. The Balaban J connectivity index is 2.07. The average molecular weight is 266 g/mol. The fourth-order valence-corrected chi connectivity index (χ4v) is 3.21. The third-order valence-electron chi connectivity index (χ3n) is 4.68. The van der Waals surface area contributed by atoms with Crippen molar-refractivity contribution >= 4 is 0 Å². The lowest BCUT2D eigenvalue weighted by Gasteiger charge is -2.26. The van der Waals surface area contributed by atoms with Crippen molar-refractivity contribution in [3.8, 4) is 12.1 Å². The SMILES string of the molecule is Cc1ccc(CCC2CCC(C)CC2)c(C#N)c1C#N. The number of aryl methyl sites for hydroxylation is 2. The van der Waals surface area contributed by atoms with E-state index in [9.17, 15) is 10.5 Å². The Labute approximate surface area is 122 Å². The van der Waals surface area contributed by atoms with Gasteiger partial charge in [-0.25, -0.2) is 0 Å². The maximum absolute atomic E-state index is 9.33. The normalized spacial score (nSPS) is 22.0. The summed E-state index contributed by atoms with van der Waals surface area (Å²) in [4.78, 5) is 0. The first-order chi connectivity index (χ1) is 9.65. The van der Waals surface area contributed by atoms with Crippen LogP contribution in [0.5, 0.6) is 0 Å². The third kappa shape index (κ3) is 3.20. The van der Waals surface area contributed by atoms with Gasteiger partial charge in [0.25, 0.3) is 0 Å². The molecule has 0 spiro atoms. The van der Waals surface area contributed by atoms with Crippen LogP contribution in [0.15, 0.2) is 12.1 Å². The van der Waals surface area contributed by atoms with Crippen LogP contribution in [0.3, 0.4) is 0 Å². The molecule has 1 saturated carbocycles. The summed E-state index contributed by atoms with van der Waals surface area (Å²) in [5.74, 6) is 1.68. The highest BCUT2D eigenvalue weighted by molar-refractivity contribution is 5.54. The lowest BCUT2D eigenvalue weighted by molar-refractivity contribution is 0.278. The van der Waals surface area contributed by atoms with Crippen molar-refractivity contribution in [1.29, 1.82) is 10.5 Å². The number of benzene rings is 1. The molecule has 2 nitrogen and oxygen atoms in total. The van der Waals surface area contributed by atoms with Crippen LogP contribution in [-0.2, 0) is 6.42 Å². The first-order valence-corrected chi connectivity index (χ1v) is 7.58. The number of hydrogen-bond donors (Lipinski definition) is 0. The van der Waals surface area contributed by atoms with Crippen molar-refractivity contribution in [2.24, 2.45) is 11.8 Å². The van der Waals surface area contributed by atoms with E-state index in [0.717, 1.165) is 35.8 Å². The fraction of sp³-hybridized carbons (Fsp3) is 0.556. The number of hydrogen-bond acceptors (Lipinski definition) is 2. The average Bonchev–Trinajstić information content (AvgIpc) is 2.47. The van der Waals surface area contributed by atoms with Gasteiger partial charge in [-0.1, -0.05) is 44.7 Å². The molecule has 1 aliphatic carbocycles. The lowest BCUT2D eigenvalue weighted by atomic mass is 9.80. The van der Waals surface area contributed by atoms with Crippen LogP contribution in [0.25, 0.3) is 0 Å². The zero-order valence-electron chi connectivity index (χ0n) is 12.4. The molecule has 0 saturated heterocycles. The molecular weight excluding hydrogens is 244 g/mol. The van der Waals surface area contributed by atoms with Crippen molar-refractivity contribution in [3.63, 3.8) is 0 Å². The van der Waals surface area contributed by atoms with Gasteiger partial charge in [0.15, 0.2) is 0 Å². The van der Waals surface area contributed by atoms with E-state index in [2.05, 4.69) is 19.1 Å². The van der Waals surface area contributed by atoms with Gasteiger partial charge in [-0.3, -0.25) is 0 Å². The van der Waals surface area contributed by atoms with E-state index >= 15 is 0 Å². The molecule has 0 atom stereocenters. The van der Waals surface area contributed by atoms with Crippen molar-refractivity contribution in [2.75, 3.05) is 0 Å². The van der Waals surface area contributed by atoms with Crippen LogP contribution in [0.4, 0.5) is 0 Å². The van der Waals surface area contributed by atoms with Crippen LogP contribution in [0.2, 0.25) is 0 Å². The fourth-order valence-electron chi connectivity index (χ4n) is 3.21. The van der Waals surface area contributed by atoms with Crippen molar-refractivity contribution in [3.05, 3.63) is 34.4 Å². The molecule has 104 valence electrons. The predicted molar refractivity (Wildman–Crippen MR) is 80.1 cm³/mol. The minimum Gasteiger partial charge on any atom is -0.192 e. The molecule has 20 heavy (non-hydrogen) atoms. The Morgan fingerprint density at radius 2 is 1.70 bits per heavy atom. The van der Waals surface area contributed by atoms with Gasteiger partial charge in [0.1, 0.15) is 12.1 Å². The monoisotopic (exact) mass is 266 g/mol. The predicted octanol–water partition coefficient (Wildman–Crippen LogP) is 4.50. The summed E-state index contributed by atoms with van der Waals surface area (Å²) in [5.41, 5.74) is 3.10. The second kappa shape index (κ2) is 6.58. The summed E-state index contributed by atoms with van der Waals surface area (Å²) >= 11 is 0. The molecule has 1 aliphatic rings. The number of rotatable bonds is 3. The van der Waals surface area contributed by atoms with Gasteiger partial charge in [0.2, 0.25) is 0 Å². The molecular formula is C18H22N2. The van der Waals surface area contributed by atoms with Crippen LogP contribution in [0, 0.1) is 41.4 Å². The maximum Gasteiger partial charge on any atom is 0.101 e. The molecule has 0 unspecified atom stereocenters. The quantitative estimate of drug-likeness (QED) is 0.808. The highest BCUT2D eigenvalue weighted by atomic mass is 14.3. The smallest absolute Gasteiger partial charge is 0.101 e. The zero-order valence-corrected chi connectivity index (χ0v) is 12.4. The highest BCUT2D eigenvalue weighted by Gasteiger charge is 2.19. The maximum atomic E-state index is 9.33. The first kappa shape index (κ1) is 14.6. The van der Waals surface area contributed by atoms with E-state index in [0.29, 0.717) is 11.1 Å². The molecule has 1 aromatic rings. The van der Waals surface area contributed by atoms with Crippen molar-refractivity contribution < 1.29 is 0 Å². The highest BCUT2D eigenvalue weighted by Crippen LogP contribution is 2.31. The van der Waals surface area contributed by atoms with E-state index in [-0.39, 0.29) is 0 Å². The molecule has 1 fully saturated rings. The Morgan fingerprint density at radius 3 is 2.30 bits per heavy atom. The molecule has 0 aromatic heterocycles. The Kier molecular flexibility index (Phi) is 4.80. The summed E-state index contributed by atoms with van der Waals surface area (Å²) in [6.45, 7) is 4.23. The van der Waals surface area contributed by atoms with E-state index in [1.54, 1.807) is 0 Å². The van der Waals surface area contributed by atoms with Crippen molar-refractivity contribution in [1.82, 2.24) is 0 Å². The topological polar surface area (TPSA) is 47.6 Å². The van der Waals surface area contributed by atoms with Crippen LogP contribution >= 0.6 is 0 Å². The number of nitriles is 2. The summed E-state index contributed by atoms with van der Waals surface area (Å²) < 4.78 is 0. The minimum atomic E-state index is 0.558. The molecule has 2 rings (SSSR count). The zero-order chi connectivity index (χ0) is 14.5. The number of nitrogens with zero attached hydrogens (tertiary/aromatic N) is 2. The van der Waals surface area contributed by atoms with Gasteiger partial charge in [-0.05, 0) is 42.7 Å². The van der Waals surface area contributed by atoms with Gasteiger partial charge < -0.3 is 0 Å². The van der Waals surface area contributed by atoms with E-state index in [1.807, 2.05) is 19.1 Å². The minimum absolute atomic E-state index is 0.558. The Morgan fingerprint density at radius 1 is 1.05 bits per heavy atom. The van der Waals surface area contributed by atoms with Gasteiger partial charge in [0.05, 0.1) is 11.1 Å². The lowest BCUT2D eigenvalue weighted by Crippen LogP contribution is -2.13. The standard InChI is InChI=1S/C18H22N2/c1-13-3-6-15(7-4-13)8-10-16-9-5-14(2)17(11-19)18(16)12-20/h5,9,13,15H,3-4,6-8,10H2,1-2H3. The van der Waals surface area contributed by atoms with Gasteiger partial charge in [0, 0.05) is 0 Å². The van der Waals surface area contributed by atoms with Crippen LogP contribution in [0.1, 0.15) is 61.3 Å². The molecule has 0 heterocycles. The molecule has 0 N–H and O–H groups in total. The van der Waals surface area contributed by atoms with E-state index < -0.39 is 0 Å². The molecule has 0 aliphatic heterocycles. The Hall–Kier alpha value is -1.80. The molecule has 0 radical (unpaired) electrons. The van der Waals surface area contributed by atoms with Crippen LogP contribution < -0.4 is 0 Å². The van der Waals surface area contributed by atoms with E-state index in [1.165, 1.54) is 25.7 Å². The first-order valence-electron chi connectivity index (χ1n) is 7.58. The summed E-state index contributed by atoms with van der Waals surface area (Å²) in [6.07, 6.45) is 7.40. The molecule has 0 bridgehead atoms. The third-order valence-corrected chi connectivity index (χ3v) is 4.68. The summed E-state index contributed by atoms with van der Waals surface area (Å²) in [5, 5.41) is 18.5.